The van der Waals surface area contributed by atoms with Crippen LogP contribution in [0.15, 0.2) is 42.5 Å². The van der Waals surface area contributed by atoms with Gasteiger partial charge in [0.15, 0.2) is 0 Å². The van der Waals surface area contributed by atoms with E-state index in [2.05, 4.69) is 32.0 Å². The molecule has 2 aromatic rings. The fourth-order valence-electron chi connectivity index (χ4n) is 2.27. The Morgan fingerprint density at radius 2 is 1.79 bits per heavy atom. The maximum Gasteiger partial charge on any atom is 0.0838 e. The molecule has 100 valence electrons. The Morgan fingerprint density at radius 3 is 2.42 bits per heavy atom. The molecule has 0 aliphatic carbocycles. The van der Waals surface area contributed by atoms with Gasteiger partial charge in [-0.05, 0) is 47.2 Å². The van der Waals surface area contributed by atoms with Crippen LogP contribution in [0.1, 0.15) is 41.5 Å². The minimum atomic E-state index is -0.139. The van der Waals surface area contributed by atoms with Crippen molar-refractivity contribution < 1.29 is 0 Å². The van der Waals surface area contributed by atoms with Crippen LogP contribution in [0.25, 0.3) is 0 Å². The molecule has 0 radical (unpaired) electrons. The zero-order chi connectivity index (χ0) is 13.8. The van der Waals surface area contributed by atoms with E-state index >= 15 is 0 Å². The molecule has 2 aromatic carbocycles. The molecule has 2 rings (SSSR count). The summed E-state index contributed by atoms with van der Waals surface area (Å²) < 4.78 is 0. The van der Waals surface area contributed by atoms with Crippen LogP contribution in [0.3, 0.4) is 0 Å². The summed E-state index contributed by atoms with van der Waals surface area (Å²) in [5.41, 5.74) is 4.87. The van der Waals surface area contributed by atoms with Gasteiger partial charge in [0, 0.05) is 5.02 Å². The van der Waals surface area contributed by atoms with Crippen molar-refractivity contribution in [1.29, 1.82) is 0 Å². The van der Waals surface area contributed by atoms with Crippen LogP contribution >= 0.6 is 23.2 Å². The smallest absolute Gasteiger partial charge is 0.0838 e. The topological polar surface area (TPSA) is 0 Å². The third kappa shape index (κ3) is 3.32. The third-order valence-corrected chi connectivity index (χ3v) is 4.14. The monoisotopic (exact) mass is 292 g/mol. The summed E-state index contributed by atoms with van der Waals surface area (Å²) in [5, 5.41) is 0.591. The van der Waals surface area contributed by atoms with Gasteiger partial charge in [0.25, 0.3) is 0 Å². The minimum Gasteiger partial charge on any atom is -0.113 e. The highest BCUT2D eigenvalue weighted by atomic mass is 35.5. The second kappa shape index (κ2) is 6.45. The quantitative estimate of drug-likeness (QED) is 0.625. The average molecular weight is 293 g/mol. The molecular formula is C17H18Cl2. The standard InChI is InChI=1S/C17H18Cl2/c1-3-12-8-9-13(4-2)16(10-12)17(19)14-6-5-7-15(18)11-14/h5-11,17H,3-4H2,1-2H3. The zero-order valence-electron chi connectivity index (χ0n) is 11.3. The highest BCUT2D eigenvalue weighted by molar-refractivity contribution is 6.30. The van der Waals surface area contributed by atoms with Gasteiger partial charge in [0.1, 0.15) is 0 Å². The lowest BCUT2D eigenvalue weighted by atomic mass is 9.95. The summed E-state index contributed by atoms with van der Waals surface area (Å²) in [6.07, 6.45) is 2.01. The number of rotatable bonds is 4. The summed E-state index contributed by atoms with van der Waals surface area (Å²) >= 11 is 12.7. The first-order chi connectivity index (χ1) is 9.15. The van der Waals surface area contributed by atoms with Gasteiger partial charge < -0.3 is 0 Å². The second-order valence-electron chi connectivity index (χ2n) is 4.66. The van der Waals surface area contributed by atoms with Gasteiger partial charge in [0.2, 0.25) is 0 Å². The maximum absolute atomic E-state index is 6.66. The molecule has 0 amide bonds. The van der Waals surface area contributed by atoms with Gasteiger partial charge in [-0.25, -0.2) is 0 Å². The van der Waals surface area contributed by atoms with E-state index in [4.69, 9.17) is 23.2 Å². The molecule has 1 atom stereocenters. The van der Waals surface area contributed by atoms with Crippen LogP contribution in [-0.2, 0) is 12.8 Å². The Kier molecular flexibility index (Phi) is 4.90. The molecule has 0 heterocycles. The predicted octanol–water partition coefficient (Wildman–Crippen LogP) is 5.79. The zero-order valence-corrected chi connectivity index (χ0v) is 12.8. The Hall–Kier alpha value is -0.980. The van der Waals surface area contributed by atoms with Gasteiger partial charge in [-0.2, -0.15) is 0 Å². The van der Waals surface area contributed by atoms with Crippen LogP contribution in [0.2, 0.25) is 5.02 Å². The first-order valence-electron chi connectivity index (χ1n) is 6.67. The number of halogens is 2. The molecule has 0 aliphatic heterocycles. The van der Waals surface area contributed by atoms with Crippen LogP contribution < -0.4 is 0 Å². The van der Waals surface area contributed by atoms with Gasteiger partial charge in [0.05, 0.1) is 5.38 Å². The van der Waals surface area contributed by atoms with Crippen molar-refractivity contribution in [2.75, 3.05) is 0 Å². The molecule has 0 saturated heterocycles. The molecule has 2 heteroatoms. The summed E-state index contributed by atoms with van der Waals surface area (Å²) in [6.45, 7) is 4.32. The molecule has 0 nitrogen and oxygen atoms in total. The summed E-state index contributed by atoms with van der Waals surface area (Å²) in [4.78, 5) is 0. The normalized spacial score (nSPS) is 12.4. The number of benzene rings is 2. The molecule has 0 bridgehead atoms. The molecule has 0 spiro atoms. The van der Waals surface area contributed by atoms with Crippen molar-refractivity contribution >= 4 is 23.2 Å². The van der Waals surface area contributed by atoms with Gasteiger partial charge >= 0.3 is 0 Å². The Labute approximate surface area is 125 Å². The van der Waals surface area contributed by atoms with E-state index in [0.717, 1.165) is 23.4 Å². The van der Waals surface area contributed by atoms with Crippen molar-refractivity contribution in [3.05, 3.63) is 69.7 Å². The lowest BCUT2D eigenvalue weighted by Gasteiger charge is -2.16. The molecule has 0 aliphatic rings. The molecule has 0 aromatic heterocycles. The van der Waals surface area contributed by atoms with E-state index in [1.807, 2.05) is 24.3 Å². The lowest BCUT2D eigenvalue weighted by Crippen LogP contribution is -2.00. The molecule has 0 N–H and O–H groups in total. The number of hydrogen-bond donors (Lipinski definition) is 0. The van der Waals surface area contributed by atoms with Crippen LogP contribution in [0.4, 0.5) is 0 Å². The first-order valence-corrected chi connectivity index (χ1v) is 7.48. The number of aryl methyl sites for hydroxylation is 2. The van der Waals surface area contributed by atoms with Gasteiger partial charge in [-0.1, -0.05) is 55.8 Å². The highest BCUT2D eigenvalue weighted by Gasteiger charge is 2.15. The van der Waals surface area contributed by atoms with Crippen molar-refractivity contribution in [3.63, 3.8) is 0 Å². The minimum absolute atomic E-state index is 0.139. The van der Waals surface area contributed by atoms with Gasteiger partial charge in [-0.3, -0.25) is 0 Å². The van der Waals surface area contributed by atoms with Crippen molar-refractivity contribution in [2.45, 2.75) is 32.1 Å². The van der Waals surface area contributed by atoms with Crippen molar-refractivity contribution in [1.82, 2.24) is 0 Å². The van der Waals surface area contributed by atoms with E-state index in [1.54, 1.807) is 0 Å². The van der Waals surface area contributed by atoms with Crippen LogP contribution in [0, 0.1) is 0 Å². The Balaban J connectivity index is 2.44. The lowest BCUT2D eigenvalue weighted by molar-refractivity contribution is 1.02. The third-order valence-electron chi connectivity index (χ3n) is 3.41. The Morgan fingerprint density at radius 1 is 1.00 bits per heavy atom. The Bertz CT molecular complexity index is 561. The fourth-order valence-corrected chi connectivity index (χ4v) is 2.80. The van der Waals surface area contributed by atoms with E-state index in [9.17, 15) is 0 Å². The van der Waals surface area contributed by atoms with E-state index in [0.29, 0.717) is 0 Å². The second-order valence-corrected chi connectivity index (χ2v) is 5.53. The molecule has 1 unspecified atom stereocenters. The first kappa shape index (κ1) is 14.4. The van der Waals surface area contributed by atoms with E-state index < -0.39 is 0 Å². The fraction of sp³-hybridized carbons (Fsp3) is 0.294. The SMILES string of the molecule is CCc1ccc(CC)c(C(Cl)c2cccc(Cl)c2)c1. The molecule has 0 saturated carbocycles. The van der Waals surface area contributed by atoms with E-state index in [-0.39, 0.29) is 5.38 Å². The summed E-state index contributed by atoms with van der Waals surface area (Å²) in [5.74, 6) is 0. The predicted molar refractivity (Wildman–Crippen MR) is 84.3 cm³/mol. The number of hydrogen-bond acceptors (Lipinski definition) is 0. The van der Waals surface area contributed by atoms with Crippen molar-refractivity contribution in [3.8, 4) is 0 Å². The highest BCUT2D eigenvalue weighted by Crippen LogP contribution is 2.33. The molecule has 0 fully saturated rings. The average Bonchev–Trinajstić information content (AvgIpc) is 2.45. The molecular weight excluding hydrogens is 275 g/mol. The van der Waals surface area contributed by atoms with Gasteiger partial charge in [-0.15, -0.1) is 11.6 Å². The van der Waals surface area contributed by atoms with Crippen LogP contribution in [0.5, 0.6) is 0 Å². The van der Waals surface area contributed by atoms with E-state index in [1.165, 1.54) is 16.7 Å². The largest absolute Gasteiger partial charge is 0.113 e. The van der Waals surface area contributed by atoms with Crippen molar-refractivity contribution in [2.24, 2.45) is 0 Å². The summed E-state index contributed by atoms with van der Waals surface area (Å²) in [7, 11) is 0. The maximum atomic E-state index is 6.66. The molecule has 19 heavy (non-hydrogen) atoms. The summed E-state index contributed by atoms with van der Waals surface area (Å²) in [6, 6.07) is 14.4. The number of alkyl halides is 1. The van der Waals surface area contributed by atoms with Crippen LogP contribution in [-0.4, -0.2) is 0 Å².